The van der Waals surface area contributed by atoms with E-state index < -0.39 is 11.9 Å². The van der Waals surface area contributed by atoms with Crippen LogP contribution in [0.2, 0.25) is 0 Å². The maximum atomic E-state index is 12.4. The number of hydrogen-bond donors (Lipinski definition) is 3. The van der Waals surface area contributed by atoms with Crippen molar-refractivity contribution in [2.75, 3.05) is 25.6 Å². The summed E-state index contributed by atoms with van der Waals surface area (Å²) in [5.41, 5.74) is 7.68. The number of ether oxygens (including phenoxy) is 1. The molecule has 0 aliphatic carbocycles. The van der Waals surface area contributed by atoms with Gasteiger partial charge in [-0.3, -0.25) is 9.59 Å². The van der Waals surface area contributed by atoms with Crippen molar-refractivity contribution in [2.45, 2.75) is 12.5 Å². The molecule has 26 heavy (non-hydrogen) atoms. The van der Waals surface area contributed by atoms with E-state index in [1.165, 1.54) is 7.11 Å². The molecule has 0 aliphatic rings. The number of nitrogens with two attached hydrogens (primary N) is 1. The second-order valence-corrected chi connectivity index (χ2v) is 5.59. The van der Waals surface area contributed by atoms with E-state index in [4.69, 9.17) is 10.5 Å². The number of benzene rings is 2. The van der Waals surface area contributed by atoms with Crippen LogP contribution in [0, 0.1) is 0 Å². The van der Waals surface area contributed by atoms with Crippen molar-refractivity contribution in [3.8, 4) is 0 Å². The molecule has 6 nitrogen and oxygen atoms in total. The fraction of sp³-hybridized carbons (Fsp3) is 0.263. The third kappa shape index (κ3) is 6.48. The third-order valence-corrected chi connectivity index (χ3v) is 3.65. The highest BCUT2D eigenvalue weighted by Gasteiger charge is 2.17. The number of amides is 2. The minimum absolute atomic E-state index is 0. The molecular formula is C19H24ClN3O3. The number of carbonyl (C=O) groups excluding carboxylic acids is 2. The molecule has 2 aromatic rings. The van der Waals surface area contributed by atoms with Crippen molar-refractivity contribution in [1.82, 2.24) is 5.32 Å². The van der Waals surface area contributed by atoms with Crippen LogP contribution in [0.5, 0.6) is 0 Å². The fourth-order valence-corrected chi connectivity index (χ4v) is 2.33. The van der Waals surface area contributed by atoms with Crippen molar-refractivity contribution in [3.63, 3.8) is 0 Å². The van der Waals surface area contributed by atoms with Gasteiger partial charge < -0.3 is 21.1 Å². The first-order chi connectivity index (χ1) is 12.1. The summed E-state index contributed by atoms with van der Waals surface area (Å²) in [7, 11) is 1.47. The van der Waals surface area contributed by atoms with Gasteiger partial charge in [-0.2, -0.15) is 0 Å². The summed E-state index contributed by atoms with van der Waals surface area (Å²) in [5, 5.41) is 5.55. The average molecular weight is 378 g/mol. The number of nitrogens with one attached hydrogen (secondary N) is 2. The van der Waals surface area contributed by atoms with Gasteiger partial charge in [-0.15, -0.1) is 12.4 Å². The third-order valence-electron chi connectivity index (χ3n) is 3.65. The van der Waals surface area contributed by atoms with Gasteiger partial charge in [-0.1, -0.05) is 42.5 Å². The number of methoxy groups -OCH3 is 1. The molecule has 2 aromatic carbocycles. The lowest BCUT2D eigenvalue weighted by atomic mass is 10.1. The largest absolute Gasteiger partial charge is 0.383 e. The minimum Gasteiger partial charge on any atom is -0.383 e. The van der Waals surface area contributed by atoms with Crippen LogP contribution in [0.4, 0.5) is 5.69 Å². The van der Waals surface area contributed by atoms with Gasteiger partial charge in [0.15, 0.2) is 0 Å². The van der Waals surface area contributed by atoms with Crippen molar-refractivity contribution >= 4 is 29.9 Å². The molecule has 7 heteroatoms. The zero-order valence-corrected chi connectivity index (χ0v) is 15.4. The van der Waals surface area contributed by atoms with Crippen molar-refractivity contribution < 1.29 is 14.3 Å². The topological polar surface area (TPSA) is 93.4 Å². The molecule has 140 valence electrons. The zero-order valence-electron chi connectivity index (χ0n) is 14.6. The Morgan fingerprint density at radius 3 is 2.42 bits per heavy atom. The molecule has 0 bridgehead atoms. The minimum atomic E-state index is -0.792. The van der Waals surface area contributed by atoms with Crippen molar-refractivity contribution in [2.24, 2.45) is 5.73 Å². The molecule has 2 rings (SSSR count). The van der Waals surface area contributed by atoms with E-state index in [1.807, 2.05) is 30.3 Å². The van der Waals surface area contributed by atoms with Crippen molar-refractivity contribution in [3.05, 3.63) is 65.7 Å². The molecule has 4 N–H and O–H groups in total. The Balaban J connectivity index is 0.00000338. The molecule has 2 amide bonds. The summed E-state index contributed by atoms with van der Waals surface area (Å²) in [6.07, 6.45) is 0.736. The fourth-order valence-electron chi connectivity index (χ4n) is 2.33. The number of carbonyl (C=O) groups is 2. The lowest BCUT2D eigenvalue weighted by Gasteiger charge is -2.14. The standard InChI is InChI=1S/C19H23N3O3.ClH/c1-25-13-16(20)19(24)22-17-10-6-5-9-15(17)18(23)21-12-11-14-7-3-2-4-8-14;/h2-10,16H,11-13,20H2,1H3,(H,21,23)(H,22,24);1H. The summed E-state index contributed by atoms with van der Waals surface area (Å²) >= 11 is 0. The predicted octanol–water partition coefficient (Wildman–Crippen LogP) is 1.99. The quantitative estimate of drug-likeness (QED) is 0.655. The molecule has 1 atom stereocenters. The number of rotatable bonds is 8. The maximum Gasteiger partial charge on any atom is 0.253 e. The van der Waals surface area contributed by atoms with Gasteiger partial charge in [0.05, 0.1) is 17.9 Å². The summed E-state index contributed by atoms with van der Waals surface area (Å²) in [6, 6.07) is 15.9. The molecule has 1 unspecified atom stereocenters. The van der Waals surface area contributed by atoms with Crippen LogP contribution in [0.1, 0.15) is 15.9 Å². The van der Waals surface area contributed by atoms with Gasteiger partial charge in [-0.05, 0) is 24.1 Å². The Morgan fingerprint density at radius 2 is 1.73 bits per heavy atom. The highest BCUT2D eigenvalue weighted by Crippen LogP contribution is 2.15. The van der Waals surface area contributed by atoms with E-state index in [0.29, 0.717) is 17.8 Å². The van der Waals surface area contributed by atoms with Crippen LogP contribution < -0.4 is 16.4 Å². The van der Waals surface area contributed by atoms with E-state index in [-0.39, 0.29) is 24.9 Å². The Morgan fingerprint density at radius 1 is 1.08 bits per heavy atom. The van der Waals surface area contributed by atoms with Gasteiger partial charge in [0.2, 0.25) is 5.91 Å². The normalized spacial score (nSPS) is 11.2. The molecule has 0 heterocycles. The first-order valence-electron chi connectivity index (χ1n) is 8.08. The Kier molecular flexibility index (Phi) is 9.36. The smallest absolute Gasteiger partial charge is 0.253 e. The average Bonchev–Trinajstić information content (AvgIpc) is 2.63. The number of halogens is 1. The van der Waals surface area contributed by atoms with Crippen LogP contribution >= 0.6 is 12.4 Å². The number of para-hydroxylation sites is 1. The highest BCUT2D eigenvalue weighted by atomic mass is 35.5. The molecule has 0 radical (unpaired) electrons. The molecular weight excluding hydrogens is 354 g/mol. The molecule has 0 saturated carbocycles. The molecule has 0 aromatic heterocycles. The Bertz CT molecular complexity index is 710. The maximum absolute atomic E-state index is 12.4. The lowest BCUT2D eigenvalue weighted by Crippen LogP contribution is -2.39. The molecule has 0 fully saturated rings. The van der Waals surface area contributed by atoms with E-state index in [9.17, 15) is 9.59 Å². The summed E-state index contributed by atoms with van der Waals surface area (Å²) in [6.45, 7) is 0.617. The van der Waals surface area contributed by atoms with Gasteiger partial charge in [0.1, 0.15) is 6.04 Å². The summed E-state index contributed by atoms with van der Waals surface area (Å²) < 4.78 is 4.87. The van der Waals surface area contributed by atoms with Crippen LogP contribution in [-0.2, 0) is 16.0 Å². The second-order valence-electron chi connectivity index (χ2n) is 5.59. The zero-order chi connectivity index (χ0) is 18.1. The Hall–Kier alpha value is -2.41. The molecule has 0 aliphatic heterocycles. The van der Waals surface area contributed by atoms with Gasteiger partial charge >= 0.3 is 0 Å². The SMILES string of the molecule is COCC(N)C(=O)Nc1ccccc1C(=O)NCCc1ccccc1.Cl. The van der Waals surface area contributed by atoms with Crippen LogP contribution in [-0.4, -0.2) is 38.1 Å². The van der Waals surface area contributed by atoms with E-state index in [1.54, 1.807) is 24.3 Å². The first kappa shape index (κ1) is 21.6. The summed E-state index contributed by atoms with van der Waals surface area (Å²) in [4.78, 5) is 24.4. The van der Waals surface area contributed by atoms with Gasteiger partial charge in [-0.25, -0.2) is 0 Å². The second kappa shape index (κ2) is 11.3. The Labute approximate surface area is 159 Å². The van der Waals surface area contributed by atoms with Crippen LogP contribution in [0.25, 0.3) is 0 Å². The summed E-state index contributed by atoms with van der Waals surface area (Å²) in [5.74, 6) is -0.640. The number of anilines is 1. The van der Waals surface area contributed by atoms with Crippen LogP contribution in [0.15, 0.2) is 54.6 Å². The van der Waals surface area contributed by atoms with E-state index in [2.05, 4.69) is 10.6 Å². The van der Waals surface area contributed by atoms with E-state index >= 15 is 0 Å². The predicted molar refractivity (Wildman–Crippen MR) is 105 cm³/mol. The number of hydrogen-bond acceptors (Lipinski definition) is 4. The van der Waals surface area contributed by atoms with Gasteiger partial charge in [0.25, 0.3) is 5.91 Å². The molecule has 0 spiro atoms. The lowest BCUT2D eigenvalue weighted by molar-refractivity contribution is -0.118. The van der Waals surface area contributed by atoms with Gasteiger partial charge in [0, 0.05) is 13.7 Å². The highest BCUT2D eigenvalue weighted by molar-refractivity contribution is 6.04. The van der Waals surface area contributed by atoms with E-state index in [0.717, 1.165) is 12.0 Å². The molecule has 0 saturated heterocycles. The monoisotopic (exact) mass is 377 g/mol. The van der Waals surface area contributed by atoms with Crippen LogP contribution in [0.3, 0.4) is 0 Å². The first-order valence-corrected chi connectivity index (χ1v) is 8.08. The van der Waals surface area contributed by atoms with Crippen molar-refractivity contribution in [1.29, 1.82) is 0 Å².